The Kier molecular flexibility index (Phi) is 6.36. The average Bonchev–Trinajstić information content (AvgIpc) is 3.28. The minimum absolute atomic E-state index is 0.0633. The molecule has 4 aromatic rings. The third-order valence-electron chi connectivity index (χ3n) is 5.19. The van der Waals surface area contributed by atoms with Gasteiger partial charge in [-0.05, 0) is 35.4 Å². The molecule has 0 bridgehead atoms. The SMILES string of the molecule is COc1ccc(-c2c(-c3ccc(OCc4ccccc4)cc3O)n[nH]c2C(F)(F)F)cc1OC. The van der Waals surface area contributed by atoms with Crippen molar-refractivity contribution >= 4 is 0 Å². The van der Waals surface area contributed by atoms with Crippen molar-refractivity contribution in [3.8, 4) is 45.4 Å². The molecule has 3 aromatic carbocycles. The summed E-state index contributed by atoms with van der Waals surface area (Å²) >= 11 is 0. The predicted octanol–water partition coefficient (Wildman–Crippen LogP) is 6.06. The zero-order valence-electron chi connectivity index (χ0n) is 18.3. The molecule has 6 nitrogen and oxygen atoms in total. The number of aromatic nitrogens is 2. The van der Waals surface area contributed by atoms with Gasteiger partial charge in [-0.3, -0.25) is 5.10 Å². The monoisotopic (exact) mass is 470 g/mol. The number of phenols is 1. The molecule has 0 atom stereocenters. The quantitative estimate of drug-likeness (QED) is 0.343. The zero-order chi connectivity index (χ0) is 24.3. The maximum absolute atomic E-state index is 13.8. The van der Waals surface area contributed by atoms with Gasteiger partial charge in [0, 0.05) is 17.2 Å². The lowest BCUT2D eigenvalue weighted by atomic mass is 9.97. The van der Waals surface area contributed by atoms with Gasteiger partial charge in [-0.25, -0.2) is 0 Å². The summed E-state index contributed by atoms with van der Waals surface area (Å²) < 4.78 is 57.5. The van der Waals surface area contributed by atoms with E-state index in [2.05, 4.69) is 10.2 Å². The van der Waals surface area contributed by atoms with Crippen molar-refractivity contribution in [2.24, 2.45) is 0 Å². The topological polar surface area (TPSA) is 76.6 Å². The minimum atomic E-state index is -4.71. The molecule has 0 aliphatic rings. The number of H-pyrrole nitrogens is 1. The second kappa shape index (κ2) is 9.38. The van der Waals surface area contributed by atoms with Crippen LogP contribution in [0.4, 0.5) is 13.2 Å². The van der Waals surface area contributed by atoms with Gasteiger partial charge in [0.2, 0.25) is 0 Å². The molecule has 0 radical (unpaired) electrons. The molecule has 4 rings (SSSR count). The molecule has 176 valence electrons. The third-order valence-corrected chi connectivity index (χ3v) is 5.19. The van der Waals surface area contributed by atoms with Crippen LogP contribution in [0.3, 0.4) is 0 Å². The molecule has 9 heteroatoms. The van der Waals surface area contributed by atoms with Gasteiger partial charge in [-0.1, -0.05) is 36.4 Å². The van der Waals surface area contributed by atoms with Crippen LogP contribution >= 0.6 is 0 Å². The van der Waals surface area contributed by atoms with Crippen molar-refractivity contribution in [3.05, 3.63) is 78.0 Å². The summed E-state index contributed by atoms with van der Waals surface area (Å²) in [5.41, 5.74) is -0.0862. The lowest BCUT2D eigenvalue weighted by molar-refractivity contribution is -0.140. The number of benzene rings is 3. The Morgan fingerprint density at radius 3 is 2.29 bits per heavy atom. The van der Waals surface area contributed by atoms with Crippen LogP contribution in [0.5, 0.6) is 23.0 Å². The van der Waals surface area contributed by atoms with E-state index in [1.54, 1.807) is 6.07 Å². The fraction of sp³-hybridized carbons (Fsp3) is 0.160. The van der Waals surface area contributed by atoms with Crippen LogP contribution in [0.2, 0.25) is 0 Å². The number of aromatic hydroxyl groups is 1. The highest BCUT2D eigenvalue weighted by Gasteiger charge is 2.38. The summed E-state index contributed by atoms with van der Waals surface area (Å²) in [7, 11) is 2.82. The van der Waals surface area contributed by atoms with Crippen LogP contribution < -0.4 is 14.2 Å². The maximum atomic E-state index is 13.8. The summed E-state index contributed by atoms with van der Waals surface area (Å²) in [6.45, 7) is 0.275. The maximum Gasteiger partial charge on any atom is 0.433 e. The molecule has 0 unspecified atom stereocenters. The first-order valence-electron chi connectivity index (χ1n) is 10.2. The number of aromatic amines is 1. The molecule has 0 saturated heterocycles. The van der Waals surface area contributed by atoms with E-state index in [1.807, 2.05) is 30.3 Å². The zero-order valence-corrected chi connectivity index (χ0v) is 18.3. The Bertz CT molecular complexity index is 1290. The highest BCUT2D eigenvalue weighted by Crippen LogP contribution is 2.45. The summed E-state index contributed by atoms with van der Waals surface area (Å²) in [6.07, 6.45) is -4.71. The fourth-order valence-corrected chi connectivity index (χ4v) is 3.56. The second-order valence-corrected chi connectivity index (χ2v) is 7.34. The van der Waals surface area contributed by atoms with Crippen molar-refractivity contribution < 1.29 is 32.5 Å². The first-order chi connectivity index (χ1) is 16.3. The molecular weight excluding hydrogens is 449 g/mol. The number of nitrogens with one attached hydrogen (secondary N) is 1. The minimum Gasteiger partial charge on any atom is -0.507 e. The second-order valence-electron chi connectivity index (χ2n) is 7.34. The molecule has 1 aromatic heterocycles. The Morgan fingerprint density at radius 1 is 0.912 bits per heavy atom. The summed E-state index contributed by atoms with van der Waals surface area (Å²) in [5, 5.41) is 16.6. The van der Waals surface area contributed by atoms with Gasteiger partial charge in [0.25, 0.3) is 0 Å². The van der Waals surface area contributed by atoms with E-state index in [9.17, 15) is 18.3 Å². The van der Waals surface area contributed by atoms with E-state index in [-0.39, 0.29) is 40.5 Å². The van der Waals surface area contributed by atoms with E-state index in [1.165, 1.54) is 44.6 Å². The van der Waals surface area contributed by atoms with E-state index >= 15 is 0 Å². The Balaban J connectivity index is 1.74. The van der Waals surface area contributed by atoms with Crippen LogP contribution in [0.15, 0.2) is 66.7 Å². The van der Waals surface area contributed by atoms with Crippen molar-refractivity contribution in [1.29, 1.82) is 0 Å². The number of rotatable bonds is 7. The van der Waals surface area contributed by atoms with Gasteiger partial charge in [0.15, 0.2) is 11.5 Å². The van der Waals surface area contributed by atoms with Crippen LogP contribution in [0.25, 0.3) is 22.4 Å². The predicted molar refractivity (Wildman–Crippen MR) is 120 cm³/mol. The number of hydrogen-bond donors (Lipinski definition) is 2. The molecule has 34 heavy (non-hydrogen) atoms. The van der Waals surface area contributed by atoms with E-state index in [0.29, 0.717) is 11.5 Å². The number of halogens is 3. The standard InChI is InChI=1S/C25H21F3N2O4/c1-32-20-11-8-16(12-21(20)33-2)22-23(29-30-24(22)25(26,27)28)18-10-9-17(13-19(18)31)34-14-15-6-4-3-5-7-15/h3-13,31H,14H2,1-2H3,(H,29,30). The van der Waals surface area contributed by atoms with Crippen molar-refractivity contribution in [2.75, 3.05) is 14.2 Å². The molecular formula is C25H21F3N2O4. The fourth-order valence-electron chi connectivity index (χ4n) is 3.56. The Hall–Kier alpha value is -4.14. The van der Waals surface area contributed by atoms with Crippen LogP contribution in [0, 0.1) is 0 Å². The molecule has 2 N–H and O–H groups in total. The van der Waals surface area contributed by atoms with Crippen LogP contribution in [0.1, 0.15) is 11.3 Å². The number of alkyl halides is 3. The van der Waals surface area contributed by atoms with Crippen LogP contribution in [-0.4, -0.2) is 29.5 Å². The Labute approximate surface area is 193 Å². The van der Waals surface area contributed by atoms with Gasteiger partial charge < -0.3 is 19.3 Å². The van der Waals surface area contributed by atoms with Crippen LogP contribution in [-0.2, 0) is 12.8 Å². The molecule has 0 spiro atoms. The summed E-state index contributed by atoms with van der Waals surface area (Å²) in [5.74, 6) is 0.721. The number of methoxy groups -OCH3 is 2. The average molecular weight is 470 g/mol. The van der Waals surface area contributed by atoms with E-state index in [4.69, 9.17) is 14.2 Å². The van der Waals surface area contributed by atoms with Gasteiger partial charge in [-0.2, -0.15) is 18.3 Å². The first kappa shape index (κ1) is 23.0. The summed E-state index contributed by atoms with van der Waals surface area (Å²) in [4.78, 5) is 0. The normalized spacial score (nSPS) is 11.3. The van der Waals surface area contributed by atoms with Gasteiger partial charge in [0.05, 0.1) is 14.2 Å². The highest BCUT2D eigenvalue weighted by atomic mass is 19.4. The first-order valence-corrected chi connectivity index (χ1v) is 10.2. The molecule has 0 saturated carbocycles. The van der Waals surface area contributed by atoms with E-state index in [0.717, 1.165) is 5.56 Å². The number of ether oxygens (including phenoxy) is 3. The highest BCUT2D eigenvalue weighted by molar-refractivity contribution is 5.86. The van der Waals surface area contributed by atoms with Gasteiger partial charge >= 0.3 is 6.18 Å². The van der Waals surface area contributed by atoms with Gasteiger partial charge in [-0.15, -0.1) is 0 Å². The molecule has 0 fully saturated rings. The molecule has 0 amide bonds. The number of phenolic OH excluding ortho intramolecular Hbond substituents is 1. The molecule has 0 aliphatic heterocycles. The number of hydrogen-bond acceptors (Lipinski definition) is 5. The van der Waals surface area contributed by atoms with E-state index < -0.39 is 11.9 Å². The van der Waals surface area contributed by atoms with Gasteiger partial charge in [0.1, 0.15) is 29.5 Å². The number of nitrogens with zero attached hydrogens (tertiary/aromatic N) is 1. The largest absolute Gasteiger partial charge is 0.507 e. The third kappa shape index (κ3) is 4.63. The van der Waals surface area contributed by atoms with Crippen molar-refractivity contribution in [2.45, 2.75) is 12.8 Å². The molecule has 1 heterocycles. The summed E-state index contributed by atoms with van der Waals surface area (Å²) in [6, 6.07) is 18.2. The van der Waals surface area contributed by atoms with Crippen molar-refractivity contribution in [1.82, 2.24) is 10.2 Å². The lowest BCUT2D eigenvalue weighted by Crippen LogP contribution is -2.07. The smallest absolute Gasteiger partial charge is 0.433 e. The van der Waals surface area contributed by atoms with Crippen molar-refractivity contribution in [3.63, 3.8) is 0 Å². The molecule has 0 aliphatic carbocycles. The Morgan fingerprint density at radius 2 is 1.65 bits per heavy atom. The lowest BCUT2D eigenvalue weighted by Gasteiger charge is -2.13.